The molecule has 0 unspecified atom stereocenters. The van der Waals surface area contributed by atoms with Crippen molar-refractivity contribution in [1.82, 2.24) is 20.0 Å². The molecule has 0 radical (unpaired) electrons. The van der Waals surface area contributed by atoms with Gasteiger partial charge in [-0.25, -0.2) is 4.79 Å². The van der Waals surface area contributed by atoms with Crippen molar-refractivity contribution in [2.24, 2.45) is 0 Å². The van der Waals surface area contributed by atoms with Crippen molar-refractivity contribution in [3.05, 3.63) is 119 Å². The fourth-order valence-electron chi connectivity index (χ4n) is 9.63. The van der Waals surface area contributed by atoms with Crippen molar-refractivity contribution in [2.75, 3.05) is 27.7 Å². The number of nitrogens with one attached hydrogen (secondary N) is 1. The molecule has 10 heteroatoms. The molecule has 0 aliphatic carbocycles. The van der Waals surface area contributed by atoms with Gasteiger partial charge in [0.2, 0.25) is 11.8 Å². The summed E-state index contributed by atoms with van der Waals surface area (Å²) >= 11 is 0. The van der Waals surface area contributed by atoms with Crippen LogP contribution in [-0.2, 0) is 50.0 Å². The molecule has 0 heterocycles. The number of nitrogens with zero attached hydrogens (tertiary/aromatic N) is 3. The predicted molar refractivity (Wildman–Crippen MR) is 287 cm³/mol. The quantitative estimate of drug-likeness (QED) is 0.0387. The van der Waals surface area contributed by atoms with E-state index in [1.807, 2.05) is 114 Å². The molecule has 6 aromatic rings. The maximum absolute atomic E-state index is 13.5. The van der Waals surface area contributed by atoms with Crippen LogP contribution in [0, 0.1) is 0 Å². The van der Waals surface area contributed by atoms with Crippen LogP contribution in [0.25, 0.3) is 43.1 Å². The Bertz CT molecular complexity index is 2640. The minimum absolute atomic E-state index is 0.125. The van der Waals surface area contributed by atoms with Crippen molar-refractivity contribution in [2.45, 2.75) is 156 Å². The average molecular weight is 951 g/mol. The number of hydrogen-bond acceptors (Lipinski definition) is 7. The molecule has 0 aromatic heterocycles. The zero-order valence-corrected chi connectivity index (χ0v) is 43.5. The van der Waals surface area contributed by atoms with Gasteiger partial charge in [-0.2, -0.15) is 0 Å². The van der Waals surface area contributed by atoms with Gasteiger partial charge in [0.15, 0.2) is 0 Å². The Labute approximate surface area is 417 Å². The van der Waals surface area contributed by atoms with E-state index in [0.29, 0.717) is 39.0 Å². The summed E-state index contributed by atoms with van der Waals surface area (Å²) in [6.45, 7) is 13.3. The van der Waals surface area contributed by atoms with Crippen LogP contribution in [0.5, 0.6) is 0 Å². The Kier molecular flexibility index (Phi) is 18.8. The summed E-state index contributed by atoms with van der Waals surface area (Å²) in [7, 11) is 5.60. The van der Waals surface area contributed by atoms with Gasteiger partial charge in [0.05, 0.1) is 6.54 Å². The van der Waals surface area contributed by atoms with Gasteiger partial charge in [0.1, 0.15) is 11.2 Å². The zero-order valence-electron chi connectivity index (χ0n) is 43.5. The zero-order chi connectivity index (χ0) is 50.4. The van der Waals surface area contributed by atoms with Crippen molar-refractivity contribution in [3.8, 4) is 0 Å². The third-order valence-electron chi connectivity index (χ3n) is 13.1. The Morgan fingerprint density at radius 2 is 0.700 bits per heavy atom. The Hall–Kier alpha value is -6.00. The molecular formula is C60H78N4O6. The fourth-order valence-corrected chi connectivity index (χ4v) is 9.63. The second kappa shape index (κ2) is 24.7. The molecule has 374 valence electrons. The predicted octanol–water partition coefficient (Wildman–Crippen LogP) is 13.4. The van der Waals surface area contributed by atoms with Crippen molar-refractivity contribution in [1.29, 1.82) is 0 Å². The number of ether oxygens (including phenoxy) is 2. The third kappa shape index (κ3) is 14.8. The first kappa shape index (κ1) is 53.4. The highest BCUT2D eigenvalue weighted by Gasteiger charge is 2.24. The van der Waals surface area contributed by atoms with Crippen LogP contribution >= 0.6 is 0 Å². The fraction of sp³-hybridized carbons (Fsp3) is 0.467. The monoisotopic (exact) mass is 951 g/mol. The van der Waals surface area contributed by atoms with Crippen LogP contribution in [0.4, 0.5) is 4.79 Å². The van der Waals surface area contributed by atoms with E-state index in [2.05, 4.69) is 53.8 Å². The van der Waals surface area contributed by atoms with E-state index in [9.17, 15) is 19.2 Å². The molecule has 1 N–H and O–H groups in total. The maximum atomic E-state index is 13.5. The first-order valence-electron chi connectivity index (χ1n) is 25.6. The molecule has 6 aromatic carbocycles. The van der Waals surface area contributed by atoms with E-state index in [1.54, 1.807) is 11.9 Å². The molecule has 10 nitrogen and oxygen atoms in total. The molecule has 0 bridgehead atoms. The molecular weight excluding hydrogens is 873 g/mol. The molecule has 0 spiro atoms. The van der Waals surface area contributed by atoms with E-state index >= 15 is 0 Å². The Morgan fingerprint density at radius 1 is 0.414 bits per heavy atom. The number of unbranched alkanes of at least 4 members (excludes halogenated alkanes) is 9. The van der Waals surface area contributed by atoms with Gasteiger partial charge in [-0.05, 0) is 120 Å². The first-order chi connectivity index (χ1) is 33.4. The van der Waals surface area contributed by atoms with E-state index < -0.39 is 11.2 Å². The number of rotatable bonds is 23. The second-order valence-corrected chi connectivity index (χ2v) is 21.2. The second-order valence-electron chi connectivity index (χ2n) is 21.2. The lowest BCUT2D eigenvalue weighted by Gasteiger charge is -2.26. The largest absolute Gasteiger partial charge is 0.459 e. The van der Waals surface area contributed by atoms with E-state index in [0.717, 1.165) is 104 Å². The highest BCUT2D eigenvalue weighted by molar-refractivity contribution is 6.07. The normalized spacial score (nSPS) is 11.9. The van der Waals surface area contributed by atoms with Gasteiger partial charge in [-0.3, -0.25) is 14.4 Å². The lowest BCUT2D eigenvalue weighted by molar-refractivity contribution is -0.153. The van der Waals surface area contributed by atoms with Gasteiger partial charge in [0.25, 0.3) is 0 Å². The van der Waals surface area contributed by atoms with Gasteiger partial charge >= 0.3 is 12.1 Å². The van der Waals surface area contributed by atoms with Crippen LogP contribution in [0.1, 0.15) is 141 Å². The van der Waals surface area contributed by atoms with Crippen molar-refractivity contribution < 1.29 is 28.7 Å². The number of carbonyl (C=O) groups is 4. The average Bonchev–Trinajstić information content (AvgIpc) is 3.32. The summed E-state index contributed by atoms with van der Waals surface area (Å²) < 4.78 is 11.2. The van der Waals surface area contributed by atoms with E-state index in [4.69, 9.17) is 9.47 Å². The summed E-state index contributed by atoms with van der Waals surface area (Å²) in [4.78, 5) is 57.6. The van der Waals surface area contributed by atoms with Crippen LogP contribution in [0.3, 0.4) is 0 Å². The lowest BCUT2D eigenvalue weighted by Crippen LogP contribution is -2.34. The summed E-state index contributed by atoms with van der Waals surface area (Å²) in [5.74, 6) is 0.0455. The minimum atomic E-state index is -0.581. The summed E-state index contributed by atoms with van der Waals surface area (Å²) in [6.07, 6.45) is 11.6. The van der Waals surface area contributed by atoms with Crippen molar-refractivity contribution >= 4 is 67.0 Å². The van der Waals surface area contributed by atoms with Crippen molar-refractivity contribution in [3.63, 3.8) is 0 Å². The molecule has 0 aliphatic rings. The number of amides is 3. The molecule has 70 heavy (non-hydrogen) atoms. The Balaban J connectivity index is 0.890. The van der Waals surface area contributed by atoms with Gasteiger partial charge in [-0.1, -0.05) is 148 Å². The van der Waals surface area contributed by atoms with Gasteiger partial charge < -0.3 is 29.5 Å². The summed E-state index contributed by atoms with van der Waals surface area (Å²) in [5, 5.41) is 12.1. The van der Waals surface area contributed by atoms with Crippen LogP contribution in [-0.4, -0.2) is 77.5 Å². The van der Waals surface area contributed by atoms with Crippen LogP contribution in [0.15, 0.2) is 97.1 Å². The van der Waals surface area contributed by atoms with Gasteiger partial charge in [-0.15, -0.1) is 0 Å². The molecule has 3 amide bonds. The number of hydrogen-bond donors (Lipinski definition) is 1. The highest BCUT2D eigenvalue weighted by atomic mass is 16.6. The molecule has 0 fully saturated rings. The standard InChI is InChI=1S/C60H78N4O6/c1-59(2,3)69-57(67)39-61-38-51-43-28-20-22-30-45(43)52(46-31-23-21-29-44(46)51)40-62(7)55(65)36-18-16-14-12-10-11-13-15-17-19-37-56(66)63(8)41-53-47-32-24-26-34-49(47)54(50-35-27-25-33-48(50)53)42-64(9)58(68)70-60(4,5)6/h20-35,61H,10-19,36-42H2,1-9H3. The summed E-state index contributed by atoms with van der Waals surface area (Å²) in [6, 6.07) is 33.3. The van der Waals surface area contributed by atoms with Crippen LogP contribution in [0.2, 0.25) is 0 Å². The van der Waals surface area contributed by atoms with Crippen LogP contribution < -0.4 is 5.32 Å². The Morgan fingerprint density at radius 3 is 1.01 bits per heavy atom. The molecule has 6 rings (SSSR count). The smallest absolute Gasteiger partial charge is 0.410 e. The van der Waals surface area contributed by atoms with E-state index in [-0.39, 0.29) is 30.4 Å². The first-order valence-corrected chi connectivity index (χ1v) is 25.6. The molecule has 0 atom stereocenters. The maximum Gasteiger partial charge on any atom is 0.410 e. The molecule has 0 saturated heterocycles. The molecule has 0 aliphatic heterocycles. The number of benzene rings is 6. The third-order valence-corrected chi connectivity index (χ3v) is 13.1. The number of fused-ring (bicyclic) bond motifs is 4. The highest BCUT2D eigenvalue weighted by Crippen LogP contribution is 2.36. The molecule has 0 saturated carbocycles. The van der Waals surface area contributed by atoms with E-state index in [1.165, 1.54) is 25.7 Å². The SMILES string of the molecule is CN(Cc1c2ccccc2c(CNCC(=O)OC(C)(C)C)c2ccccc12)C(=O)CCCCCCCCCCCCC(=O)N(C)Cc1c2ccccc2c(CN(C)C(=O)OC(C)(C)C)c2ccccc12. The van der Waals surface area contributed by atoms with Gasteiger partial charge in [0, 0.05) is 60.2 Å². The summed E-state index contributed by atoms with van der Waals surface area (Å²) in [5.41, 5.74) is 3.34. The number of carbonyl (C=O) groups excluding carboxylic acids is 4. The lowest BCUT2D eigenvalue weighted by atomic mass is 9.91. The number of esters is 1. The minimum Gasteiger partial charge on any atom is -0.459 e. The topological polar surface area (TPSA) is 108 Å².